The molecule has 26 heavy (non-hydrogen) atoms. The second-order valence-corrected chi connectivity index (χ2v) is 7.24. The topological polar surface area (TPSA) is 51.7 Å². The first-order chi connectivity index (χ1) is 12.5. The van der Waals surface area contributed by atoms with E-state index in [1.54, 1.807) is 11.1 Å². The predicted molar refractivity (Wildman–Crippen MR) is 105 cm³/mol. The van der Waals surface area contributed by atoms with Crippen molar-refractivity contribution in [3.05, 3.63) is 42.2 Å². The molecule has 0 bridgehead atoms. The number of rotatable bonds is 5. The van der Waals surface area contributed by atoms with Crippen molar-refractivity contribution in [2.24, 2.45) is 0 Å². The average molecular weight is 355 g/mol. The van der Waals surface area contributed by atoms with Crippen molar-refractivity contribution < 1.29 is 4.79 Å². The zero-order chi connectivity index (χ0) is 18.5. The molecule has 6 heteroatoms. The number of hydrogen-bond donors (Lipinski definition) is 1. The first-order valence-corrected chi connectivity index (χ1v) is 9.28. The lowest BCUT2D eigenvalue weighted by Crippen LogP contribution is -2.52. The van der Waals surface area contributed by atoms with Gasteiger partial charge < -0.3 is 15.1 Å². The van der Waals surface area contributed by atoms with Crippen LogP contribution in [0.3, 0.4) is 0 Å². The molecule has 1 aliphatic rings. The summed E-state index contributed by atoms with van der Waals surface area (Å²) in [7, 11) is 4.00. The Kier molecular flexibility index (Phi) is 6.06. The van der Waals surface area contributed by atoms with E-state index in [0.29, 0.717) is 19.1 Å². The molecule has 0 aliphatic carbocycles. The molecule has 1 saturated heterocycles. The lowest BCUT2D eigenvalue weighted by atomic mass is 10.1. The Morgan fingerprint density at radius 1 is 1.27 bits per heavy atom. The Hall–Kier alpha value is -2.18. The third kappa shape index (κ3) is 4.51. The van der Waals surface area contributed by atoms with Crippen LogP contribution in [0.15, 0.2) is 36.7 Å². The van der Waals surface area contributed by atoms with Gasteiger partial charge in [-0.15, -0.1) is 0 Å². The molecule has 3 rings (SSSR count). The molecule has 1 fully saturated rings. The molecule has 6 nitrogen and oxygen atoms in total. The molecule has 1 aliphatic heterocycles. The van der Waals surface area contributed by atoms with E-state index in [0.717, 1.165) is 42.5 Å². The van der Waals surface area contributed by atoms with Gasteiger partial charge in [-0.1, -0.05) is 18.2 Å². The molecular weight excluding hydrogens is 326 g/mol. The molecule has 0 unspecified atom stereocenters. The van der Waals surface area contributed by atoms with Crippen molar-refractivity contribution >= 4 is 16.8 Å². The molecule has 0 saturated carbocycles. The van der Waals surface area contributed by atoms with Crippen molar-refractivity contribution in [2.75, 3.05) is 46.8 Å². The molecule has 1 atom stereocenters. The van der Waals surface area contributed by atoms with Crippen LogP contribution in [-0.2, 0) is 6.54 Å². The van der Waals surface area contributed by atoms with Crippen LogP contribution in [0.2, 0.25) is 0 Å². The van der Waals surface area contributed by atoms with E-state index >= 15 is 0 Å². The first-order valence-electron chi connectivity index (χ1n) is 9.28. The maximum absolute atomic E-state index is 12.5. The average Bonchev–Trinajstić information content (AvgIpc) is 2.66. The zero-order valence-electron chi connectivity index (χ0n) is 16.0. The summed E-state index contributed by atoms with van der Waals surface area (Å²) in [6, 6.07) is 8.45. The van der Waals surface area contributed by atoms with Crippen molar-refractivity contribution in [3.8, 4) is 0 Å². The van der Waals surface area contributed by atoms with E-state index in [2.05, 4.69) is 40.1 Å². The Morgan fingerprint density at radius 2 is 2.04 bits per heavy atom. The minimum atomic E-state index is -0.0305. The second-order valence-electron chi connectivity index (χ2n) is 7.24. The SMILES string of the molecule is C[C@H](CNC(=O)N(C)Cc1cccc2cnccc12)N1CCN(C)CC1. The smallest absolute Gasteiger partial charge is 0.317 e. The van der Waals surface area contributed by atoms with E-state index in [4.69, 9.17) is 0 Å². The van der Waals surface area contributed by atoms with Crippen LogP contribution in [0.1, 0.15) is 12.5 Å². The van der Waals surface area contributed by atoms with Crippen LogP contribution in [0, 0.1) is 0 Å². The quantitative estimate of drug-likeness (QED) is 0.891. The summed E-state index contributed by atoms with van der Waals surface area (Å²) in [6.45, 7) is 7.74. The molecule has 140 valence electrons. The predicted octanol–water partition coefficient (Wildman–Crippen LogP) is 2.01. The third-order valence-electron chi connectivity index (χ3n) is 5.24. The second kappa shape index (κ2) is 8.47. The zero-order valence-corrected chi connectivity index (χ0v) is 16.0. The first kappa shape index (κ1) is 18.6. The molecule has 2 amide bonds. The number of amides is 2. The molecule has 1 aromatic carbocycles. The van der Waals surface area contributed by atoms with Gasteiger partial charge in [-0.2, -0.15) is 0 Å². The maximum Gasteiger partial charge on any atom is 0.317 e. The number of benzene rings is 1. The van der Waals surface area contributed by atoms with Gasteiger partial charge in [0, 0.05) is 70.1 Å². The van der Waals surface area contributed by atoms with Crippen LogP contribution in [0.5, 0.6) is 0 Å². The number of likely N-dealkylation sites (N-methyl/N-ethyl adjacent to an activating group) is 1. The summed E-state index contributed by atoms with van der Waals surface area (Å²) in [4.78, 5) is 23.2. The van der Waals surface area contributed by atoms with Crippen molar-refractivity contribution in [1.29, 1.82) is 0 Å². The fourth-order valence-corrected chi connectivity index (χ4v) is 3.42. The van der Waals surface area contributed by atoms with E-state index < -0.39 is 0 Å². The highest BCUT2D eigenvalue weighted by molar-refractivity contribution is 5.85. The van der Waals surface area contributed by atoms with Gasteiger partial charge in [-0.25, -0.2) is 4.79 Å². The summed E-state index contributed by atoms with van der Waals surface area (Å²) >= 11 is 0. The number of nitrogens with one attached hydrogen (secondary N) is 1. The normalized spacial score (nSPS) is 17.2. The van der Waals surface area contributed by atoms with Gasteiger partial charge in [0.1, 0.15) is 0 Å². The van der Waals surface area contributed by atoms with Crippen LogP contribution in [0.4, 0.5) is 4.79 Å². The Bertz CT molecular complexity index is 737. The molecule has 0 spiro atoms. The fraction of sp³-hybridized carbons (Fsp3) is 0.500. The highest BCUT2D eigenvalue weighted by Gasteiger charge is 2.20. The number of carbonyl (C=O) groups excluding carboxylic acids is 1. The monoisotopic (exact) mass is 355 g/mol. The minimum Gasteiger partial charge on any atom is -0.336 e. The Labute approximate surface area is 155 Å². The lowest BCUT2D eigenvalue weighted by molar-refractivity contribution is 0.117. The number of urea groups is 1. The highest BCUT2D eigenvalue weighted by Crippen LogP contribution is 2.18. The highest BCUT2D eigenvalue weighted by atomic mass is 16.2. The number of hydrogen-bond acceptors (Lipinski definition) is 4. The molecule has 0 radical (unpaired) electrons. The van der Waals surface area contributed by atoms with Gasteiger partial charge in [0.2, 0.25) is 0 Å². The van der Waals surface area contributed by atoms with Gasteiger partial charge >= 0.3 is 6.03 Å². The summed E-state index contributed by atoms with van der Waals surface area (Å²) in [6.07, 6.45) is 3.65. The number of aromatic nitrogens is 1. The number of carbonyl (C=O) groups is 1. The number of piperazine rings is 1. The maximum atomic E-state index is 12.5. The Morgan fingerprint density at radius 3 is 2.81 bits per heavy atom. The van der Waals surface area contributed by atoms with Gasteiger partial charge in [-0.05, 0) is 31.0 Å². The number of fused-ring (bicyclic) bond motifs is 1. The van der Waals surface area contributed by atoms with E-state index in [9.17, 15) is 4.79 Å². The summed E-state index contributed by atoms with van der Waals surface area (Å²) in [5, 5.41) is 5.32. The van der Waals surface area contributed by atoms with E-state index in [-0.39, 0.29) is 6.03 Å². The van der Waals surface area contributed by atoms with Gasteiger partial charge in [0.15, 0.2) is 0 Å². The minimum absolute atomic E-state index is 0.0305. The van der Waals surface area contributed by atoms with E-state index in [1.807, 2.05) is 31.4 Å². The van der Waals surface area contributed by atoms with Crippen LogP contribution >= 0.6 is 0 Å². The number of nitrogens with zero attached hydrogens (tertiary/aromatic N) is 4. The lowest BCUT2D eigenvalue weighted by Gasteiger charge is -2.36. The van der Waals surface area contributed by atoms with E-state index in [1.165, 1.54) is 0 Å². The summed E-state index contributed by atoms with van der Waals surface area (Å²) < 4.78 is 0. The molecule has 2 aromatic rings. The van der Waals surface area contributed by atoms with Crippen molar-refractivity contribution in [3.63, 3.8) is 0 Å². The van der Waals surface area contributed by atoms with Crippen molar-refractivity contribution in [1.82, 2.24) is 25.0 Å². The molecule has 1 aromatic heterocycles. The summed E-state index contributed by atoms with van der Waals surface area (Å²) in [5.41, 5.74) is 1.13. The van der Waals surface area contributed by atoms with Gasteiger partial charge in [-0.3, -0.25) is 9.88 Å². The molecule has 2 heterocycles. The fourth-order valence-electron chi connectivity index (χ4n) is 3.42. The van der Waals surface area contributed by atoms with Crippen LogP contribution in [0.25, 0.3) is 10.8 Å². The standard InChI is InChI=1S/C20H29N5O/c1-16(25-11-9-23(2)10-12-25)13-22-20(26)24(3)15-18-6-4-5-17-14-21-8-7-19(17)18/h4-8,14,16H,9-13,15H2,1-3H3,(H,22,26)/t16-/m1/s1. The van der Waals surface area contributed by atoms with Gasteiger partial charge in [0.25, 0.3) is 0 Å². The third-order valence-corrected chi connectivity index (χ3v) is 5.24. The van der Waals surface area contributed by atoms with Crippen LogP contribution in [-0.4, -0.2) is 78.6 Å². The Balaban J connectivity index is 1.53. The largest absolute Gasteiger partial charge is 0.336 e. The summed E-state index contributed by atoms with van der Waals surface area (Å²) in [5.74, 6) is 0. The van der Waals surface area contributed by atoms with Crippen molar-refractivity contribution in [2.45, 2.75) is 19.5 Å². The van der Waals surface area contributed by atoms with Crippen LogP contribution < -0.4 is 5.32 Å². The van der Waals surface area contributed by atoms with Gasteiger partial charge in [0.05, 0.1) is 0 Å². The molecule has 1 N–H and O–H groups in total. The number of pyridine rings is 1. The molecular formula is C20H29N5O.